The Balaban J connectivity index is 2.16. The van der Waals surface area contributed by atoms with Crippen LogP contribution in [0.1, 0.15) is 55.3 Å². The van der Waals surface area contributed by atoms with E-state index >= 15 is 0 Å². The molecule has 1 aromatic heterocycles. The Morgan fingerprint density at radius 2 is 1.81 bits per heavy atom. The first-order valence-corrected chi connectivity index (χ1v) is 7.88. The van der Waals surface area contributed by atoms with Gasteiger partial charge in [-0.2, -0.15) is 5.26 Å². The number of nitriles is 1. The van der Waals surface area contributed by atoms with E-state index in [0.717, 1.165) is 25.7 Å². The average Bonchev–Trinajstić information content (AvgIpc) is 2.42. The summed E-state index contributed by atoms with van der Waals surface area (Å²) in [7, 11) is 0. The zero-order valence-electron chi connectivity index (χ0n) is 11.7. The maximum Gasteiger partial charge on any atom is 0.255 e. The van der Waals surface area contributed by atoms with Crippen LogP contribution < -0.4 is 5.32 Å². The van der Waals surface area contributed by atoms with Crippen molar-refractivity contribution in [2.45, 2.75) is 50.5 Å². The van der Waals surface area contributed by atoms with Crippen LogP contribution in [-0.4, -0.2) is 16.4 Å². The van der Waals surface area contributed by atoms with E-state index in [0.29, 0.717) is 12.8 Å². The lowest BCUT2D eigenvalue weighted by molar-refractivity contribution is 0.0907. The summed E-state index contributed by atoms with van der Waals surface area (Å²) in [6, 6.07) is 5.34. The Bertz CT molecular complexity index is 561. The Kier molecular flexibility index (Phi) is 5.44. The first-order valence-electron chi connectivity index (χ1n) is 7.12. The third-order valence-electron chi connectivity index (χ3n) is 3.83. The van der Waals surface area contributed by atoms with Crippen molar-refractivity contribution in [3.8, 4) is 6.07 Å². The molecule has 1 amide bonds. The molecular formula is C15H17Cl2N3O. The fourth-order valence-corrected chi connectivity index (χ4v) is 3.07. The fraction of sp³-hybridized carbons (Fsp3) is 0.533. The second-order valence-electron chi connectivity index (χ2n) is 5.39. The summed E-state index contributed by atoms with van der Waals surface area (Å²) >= 11 is 11.7. The summed E-state index contributed by atoms with van der Waals surface area (Å²) in [5, 5.41) is 12.7. The molecule has 1 fully saturated rings. The first kappa shape index (κ1) is 16.1. The molecule has 0 spiro atoms. The molecule has 0 atom stereocenters. The van der Waals surface area contributed by atoms with Crippen LogP contribution in [0.15, 0.2) is 12.1 Å². The number of carbonyl (C=O) groups is 1. The van der Waals surface area contributed by atoms with Crippen LogP contribution in [0, 0.1) is 11.3 Å². The minimum absolute atomic E-state index is 0.0546. The molecule has 1 heterocycles. The predicted molar refractivity (Wildman–Crippen MR) is 82.4 cm³/mol. The molecule has 1 aliphatic rings. The molecule has 21 heavy (non-hydrogen) atoms. The Morgan fingerprint density at radius 1 is 1.19 bits per heavy atom. The molecule has 4 nitrogen and oxygen atoms in total. The number of aromatic nitrogens is 1. The SMILES string of the molecule is N#CC1(NC(=O)c2ccc(Cl)nc2Cl)CCCCCCC1. The third kappa shape index (κ3) is 4.09. The average molecular weight is 326 g/mol. The van der Waals surface area contributed by atoms with Crippen molar-refractivity contribution >= 4 is 29.1 Å². The number of amides is 1. The number of pyridine rings is 1. The van der Waals surface area contributed by atoms with Gasteiger partial charge in [0.15, 0.2) is 0 Å². The van der Waals surface area contributed by atoms with E-state index in [9.17, 15) is 10.1 Å². The lowest BCUT2D eigenvalue weighted by atomic mass is 9.85. The Morgan fingerprint density at radius 3 is 2.38 bits per heavy atom. The van der Waals surface area contributed by atoms with Gasteiger partial charge in [-0.05, 0) is 25.0 Å². The maximum absolute atomic E-state index is 12.4. The van der Waals surface area contributed by atoms with E-state index in [-0.39, 0.29) is 21.8 Å². The highest BCUT2D eigenvalue weighted by Crippen LogP contribution is 2.27. The molecule has 1 saturated carbocycles. The molecular weight excluding hydrogens is 309 g/mol. The molecule has 2 rings (SSSR count). The van der Waals surface area contributed by atoms with Gasteiger partial charge < -0.3 is 5.32 Å². The molecule has 0 saturated heterocycles. The van der Waals surface area contributed by atoms with Crippen molar-refractivity contribution in [3.05, 3.63) is 28.0 Å². The number of hydrogen-bond acceptors (Lipinski definition) is 3. The summed E-state index contributed by atoms with van der Waals surface area (Å²) < 4.78 is 0. The zero-order valence-corrected chi connectivity index (χ0v) is 13.2. The van der Waals surface area contributed by atoms with Gasteiger partial charge in [-0.1, -0.05) is 55.3 Å². The van der Waals surface area contributed by atoms with Crippen molar-refractivity contribution < 1.29 is 4.79 Å². The summed E-state index contributed by atoms with van der Waals surface area (Å²) in [4.78, 5) is 16.2. The number of hydrogen-bond donors (Lipinski definition) is 1. The van der Waals surface area contributed by atoms with Crippen molar-refractivity contribution in [1.29, 1.82) is 5.26 Å². The van der Waals surface area contributed by atoms with Gasteiger partial charge in [0.05, 0.1) is 11.6 Å². The molecule has 1 aromatic rings. The van der Waals surface area contributed by atoms with E-state index in [1.54, 1.807) is 0 Å². The second kappa shape index (κ2) is 7.11. The molecule has 6 heteroatoms. The number of halogens is 2. The summed E-state index contributed by atoms with van der Waals surface area (Å²) in [6.45, 7) is 0. The molecule has 1 aliphatic carbocycles. The van der Waals surface area contributed by atoms with E-state index < -0.39 is 5.54 Å². The van der Waals surface area contributed by atoms with E-state index in [2.05, 4.69) is 16.4 Å². The number of carbonyl (C=O) groups excluding carboxylic acids is 1. The highest BCUT2D eigenvalue weighted by molar-refractivity contribution is 6.34. The summed E-state index contributed by atoms with van der Waals surface area (Å²) in [5.74, 6) is -0.369. The standard InChI is InChI=1S/C15H17Cl2N3O/c16-12-7-6-11(13(17)19-12)14(21)20-15(10-18)8-4-2-1-3-5-9-15/h6-7H,1-5,8-9H2,(H,20,21). The highest BCUT2D eigenvalue weighted by atomic mass is 35.5. The predicted octanol–water partition coefficient (Wildman–Crippen LogP) is 4.12. The molecule has 0 bridgehead atoms. The molecule has 0 radical (unpaired) electrons. The highest BCUT2D eigenvalue weighted by Gasteiger charge is 2.32. The summed E-state index contributed by atoms with van der Waals surface area (Å²) in [6.07, 6.45) is 6.64. The smallest absolute Gasteiger partial charge is 0.255 e. The molecule has 0 aliphatic heterocycles. The van der Waals surface area contributed by atoms with Gasteiger partial charge >= 0.3 is 0 Å². The largest absolute Gasteiger partial charge is 0.334 e. The van der Waals surface area contributed by atoms with Crippen LogP contribution in [0.25, 0.3) is 0 Å². The lowest BCUT2D eigenvalue weighted by Gasteiger charge is -2.29. The normalized spacial score (nSPS) is 18.1. The van der Waals surface area contributed by atoms with Gasteiger partial charge in [-0.25, -0.2) is 4.98 Å². The van der Waals surface area contributed by atoms with E-state index in [1.165, 1.54) is 18.6 Å². The topological polar surface area (TPSA) is 65.8 Å². The Hall–Kier alpha value is -1.31. The van der Waals surface area contributed by atoms with Crippen LogP contribution in [-0.2, 0) is 0 Å². The Labute approximate surface area is 134 Å². The van der Waals surface area contributed by atoms with Crippen molar-refractivity contribution in [2.75, 3.05) is 0 Å². The van der Waals surface area contributed by atoms with Gasteiger partial charge in [0.25, 0.3) is 5.91 Å². The number of rotatable bonds is 2. The quantitative estimate of drug-likeness (QED) is 0.831. The molecule has 0 aromatic carbocycles. The van der Waals surface area contributed by atoms with Crippen molar-refractivity contribution in [2.24, 2.45) is 0 Å². The van der Waals surface area contributed by atoms with Gasteiger partial charge in [0.2, 0.25) is 0 Å². The van der Waals surface area contributed by atoms with Crippen LogP contribution in [0.5, 0.6) is 0 Å². The van der Waals surface area contributed by atoms with Gasteiger partial charge in [0, 0.05) is 0 Å². The van der Waals surface area contributed by atoms with Crippen LogP contribution in [0.4, 0.5) is 0 Å². The van der Waals surface area contributed by atoms with Crippen LogP contribution in [0.2, 0.25) is 10.3 Å². The minimum atomic E-state index is -0.805. The maximum atomic E-state index is 12.4. The number of nitrogens with zero attached hydrogens (tertiary/aromatic N) is 2. The van der Waals surface area contributed by atoms with E-state index in [1.807, 2.05) is 0 Å². The lowest BCUT2D eigenvalue weighted by Crippen LogP contribution is -2.47. The van der Waals surface area contributed by atoms with Gasteiger partial charge in [0.1, 0.15) is 15.8 Å². The number of nitrogens with one attached hydrogen (secondary N) is 1. The van der Waals surface area contributed by atoms with Gasteiger partial charge in [-0.15, -0.1) is 0 Å². The van der Waals surface area contributed by atoms with Crippen molar-refractivity contribution in [3.63, 3.8) is 0 Å². The molecule has 0 unspecified atom stereocenters. The van der Waals surface area contributed by atoms with E-state index in [4.69, 9.17) is 23.2 Å². The van der Waals surface area contributed by atoms with Crippen LogP contribution in [0.3, 0.4) is 0 Å². The zero-order chi connectivity index (χ0) is 15.3. The van der Waals surface area contributed by atoms with Crippen LogP contribution >= 0.6 is 23.2 Å². The minimum Gasteiger partial charge on any atom is -0.334 e. The summed E-state index contributed by atoms with van der Waals surface area (Å²) in [5.41, 5.74) is -0.557. The fourth-order valence-electron chi connectivity index (χ4n) is 2.64. The first-order chi connectivity index (χ1) is 10.1. The third-order valence-corrected chi connectivity index (χ3v) is 4.33. The van der Waals surface area contributed by atoms with Crippen molar-refractivity contribution in [1.82, 2.24) is 10.3 Å². The monoisotopic (exact) mass is 325 g/mol. The van der Waals surface area contributed by atoms with Gasteiger partial charge in [-0.3, -0.25) is 4.79 Å². The molecule has 112 valence electrons. The second-order valence-corrected chi connectivity index (χ2v) is 6.13. The molecule has 1 N–H and O–H groups in total.